The van der Waals surface area contributed by atoms with E-state index in [1.165, 1.54) is 12.8 Å². The van der Waals surface area contributed by atoms with Crippen molar-refractivity contribution in [1.29, 1.82) is 0 Å². The third kappa shape index (κ3) is 4.06. The van der Waals surface area contributed by atoms with Gasteiger partial charge in [-0.3, -0.25) is 0 Å². The summed E-state index contributed by atoms with van der Waals surface area (Å²) in [7, 11) is 0. The second kappa shape index (κ2) is 7.34. The van der Waals surface area contributed by atoms with Gasteiger partial charge < -0.3 is 25.4 Å². The van der Waals surface area contributed by atoms with E-state index in [0.717, 1.165) is 63.5 Å². The second-order valence-electron chi connectivity index (χ2n) is 9.87. The zero-order valence-corrected chi connectivity index (χ0v) is 17.5. The lowest BCUT2D eigenvalue weighted by Gasteiger charge is -2.50. The number of aliphatic hydroxyl groups is 1. The number of piperidine rings is 1. The molecule has 0 bridgehead atoms. The van der Waals surface area contributed by atoms with Crippen LogP contribution in [0.3, 0.4) is 0 Å². The van der Waals surface area contributed by atoms with Crippen molar-refractivity contribution in [3.63, 3.8) is 0 Å². The van der Waals surface area contributed by atoms with E-state index in [0.29, 0.717) is 5.95 Å². The molecule has 0 saturated carbocycles. The van der Waals surface area contributed by atoms with Crippen LogP contribution >= 0.6 is 0 Å². The molecule has 1 aromatic heterocycles. The molecular weight excluding hydrogens is 354 g/mol. The summed E-state index contributed by atoms with van der Waals surface area (Å²) in [6.07, 6.45) is 5.51. The fourth-order valence-electron chi connectivity index (χ4n) is 4.86. The van der Waals surface area contributed by atoms with Crippen molar-refractivity contribution in [2.45, 2.75) is 77.1 Å². The molecule has 1 aromatic rings. The monoisotopic (exact) mass is 389 g/mol. The molecule has 1 spiro atoms. The molecule has 0 aromatic carbocycles. The van der Waals surface area contributed by atoms with Crippen LogP contribution in [-0.4, -0.2) is 59.1 Å². The fraction of sp³-hybridized carbons (Fsp3) is 0.810. The number of aromatic nitrogens is 2. The average molecular weight is 390 g/mol. The Morgan fingerprint density at radius 3 is 2.21 bits per heavy atom. The third-order valence-corrected chi connectivity index (χ3v) is 6.60. The summed E-state index contributed by atoms with van der Waals surface area (Å²) in [6, 6.07) is 2.08. The molecule has 4 heterocycles. The first-order valence-electron chi connectivity index (χ1n) is 10.7. The summed E-state index contributed by atoms with van der Waals surface area (Å²) in [4.78, 5) is 13.5. The zero-order valence-electron chi connectivity index (χ0n) is 17.5. The van der Waals surface area contributed by atoms with Crippen molar-refractivity contribution in [2.24, 2.45) is 5.41 Å². The minimum absolute atomic E-state index is 0.0390. The molecule has 156 valence electrons. The van der Waals surface area contributed by atoms with E-state index in [2.05, 4.69) is 46.6 Å². The highest BCUT2D eigenvalue weighted by molar-refractivity contribution is 5.54. The first-order valence-corrected chi connectivity index (χ1v) is 10.7. The predicted octanol–water partition coefficient (Wildman–Crippen LogP) is 2.58. The summed E-state index contributed by atoms with van der Waals surface area (Å²) >= 11 is 0. The van der Waals surface area contributed by atoms with E-state index in [9.17, 15) is 5.11 Å². The minimum atomic E-state index is -0.277. The van der Waals surface area contributed by atoms with Gasteiger partial charge in [-0.15, -0.1) is 0 Å². The Labute approximate surface area is 168 Å². The van der Waals surface area contributed by atoms with Gasteiger partial charge in [0.25, 0.3) is 0 Å². The van der Waals surface area contributed by atoms with Crippen molar-refractivity contribution < 1.29 is 9.84 Å². The summed E-state index contributed by atoms with van der Waals surface area (Å²) in [5, 5.41) is 10.5. The molecule has 0 amide bonds. The predicted molar refractivity (Wildman–Crippen MR) is 112 cm³/mol. The van der Waals surface area contributed by atoms with Gasteiger partial charge in [0.2, 0.25) is 5.95 Å². The normalized spacial score (nSPS) is 28.1. The molecular formula is C21H35N5O2. The first kappa shape index (κ1) is 19.7. The fourth-order valence-corrected chi connectivity index (χ4v) is 4.86. The Balaban J connectivity index is 1.47. The Morgan fingerprint density at radius 1 is 1.07 bits per heavy atom. The van der Waals surface area contributed by atoms with E-state index in [4.69, 9.17) is 10.5 Å². The molecule has 28 heavy (non-hydrogen) atoms. The zero-order chi connectivity index (χ0) is 19.9. The molecule has 3 aliphatic rings. The van der Waals surface area contributed by atoms with Gasteiger partial charge in [0, 0.05) is 45.1 Å². The van der Waals surface area contributed by atoms with Gasteiger partial charge in [-0.25, -0.2) is 0 Å². The van der Waals surface area contributed by atoms with Crippen LogP contribution in [-0.2, 0) is 4.74 Å². The summed E-state index contributed by atoms with van der Waals surface area (Å²) in [5.41, 5.74) is 5.84. The van der Waals surface area contributed by atoms with E-state index in [-0.39, 0.29) is 23.2 Å². The highest BCUT2D eigenvalue weighted by atomic mass is 16.5. The van der Waals surface area contributed by atoms with Crippen molar-refractivity contribution in [3.8, 4) is 0 Å². The van der Waals surface area contributed by atoms with Crippen LogP contribution in [0, 0.1) is 5.41 Å². The Kier molecular flexibility index (Phi) is 5.16. The van der Waals surface area contributed by atoms with Gasteiger partial charge in [0.05, 0.1) is 17.8 Å². The van der Waals surface area contributed by atoms with Crippen LogP contribution in [0.25, 0.3) is 0 Å². The molecule has 7 nitrogen and oxygen atoms in total. The second-order valence-corrected chi connectivity index (χ2v) is 9.87. The maximum atomic E-state index is 10.5. The number of hydrogen-bond donors (Lipinski definition) is 2. The molecule has 3 fully saturated rings. The van der Waals surface area contributed by atoms with Crippen LogP contribution < -0.4 is 15.5 Å². The smallest absolute Gasteiger partial charge is 0.223 e. The Morgan fingerprint density at radius 2 is 1.64 bits per heavy atom. The number of nitrogen functional groups attached to an aromatic ring is 1. The number of rotatable bonds is 2. The molecule has 0 radical (unpaired) electrons. The van der Waals surface area contributed by atoms with Crippen LogP contribution in [0.4, 0.5) is 17.6 Å². The number of hydrogen-bond acceptors (Lipinski definition) is 7. The standard InChI is InChI=1S/C21H35N5O2/c1-20(2,3)16-12-15(27)14-21(28-16)6-10-26(11-7-21)18-13-17(23-19(22)24-18)25-8-4-5-9-25/h13,15-16,27H,4-12,14H2,1-3H3,(H2,22,23,24)/t15-,16-/m1/s1. The molecule has 2 atom stereocenters. The lowest BCUT2D eigenvalue weighted by Crippen LogP contribution is -2.55. The van der Waals surface area contributed by atoms with Gasteiger partial charge in [0.15, 0.2) is 0 Å². The molecule has 3 aliphatic heterocycles. The number of nitrogens with zero attached hydrogens (tertiary/aromatic N) is 4. The van der Waals surface area contributed by atoms with Crippen LogP contribution in [0.1, 0.15) is 59.3 Å². The molecule has 0 unspecified atom stereocenters. The summed E-state index contributed by atoms with van der Waals surface area (Å²) in [5.74, 6) is 2.20. The lowest BCUT2D eigenvalue weighted by atomic mass is 9.76. The highest BCUT2D eigenvalue weighted by Gasteiger charge is 2.46. The molecule has 7 heteroatoms. The maximum Gasteiger partial charge on any atom is 0.223 e. The van der Waals surface area contributed by atoms with Crippen molar-refractivity contribution in [1.82, 2.24) is 9.97 Å². The van der Waals surface area contributed by atoms with Crippen molar-refractivity contribution in [2.75, 3.05) is 41.7 Å². The van der Waals surface area contributed by atoms with Crippen LogP contribution in [0.2, 0.25) is 0 Å². The number of ether oxygens (including phenoxy) is 1. The third-order valence-electron chi connectivity index (χ3n) is 6.60. The highest BCUT2D eigenvalue weighted by Crippen LogP contribution is 2.43. The Bertz CT molecular complexity index is 691. The van der Waals surface area contributed by atoms with E-state index < -0.39 is 0 Å². The Hall–Kier alpha value is -1.60. The molecule has 3 saturated heterocycles. The lowest BCUT2D eigenvalue weighted by molar-refractivity contribution is -0.199. The van der Waals surface area contributed by atoms with E-state index in [1.807, 2.05) is 0 Å². The number of nitrogens with two attached hydrogens (primary N) is 1. The summed E-state index contributed by atoms with van der Waals surface area (Å²) < 4.78 is 6.61. The average Bonchev–Trinajstić information content (AvgIpc) is 3.15. The first-order chi connectivity index (χ1) is 13.2. The number of aliphatic hydroxyl groups excluding tert-OH is 1. The minimum Gasteiger partial charge on any atom is -0.393 e. The van der Waals surface area contributed by atoms with Crippen molar-refractivity contribution >= 4 is 17.6 Å². The van der Waals surface area contributed by atoms with Crippen molar-refractivity contribution in [3.05, 3.63) is 6.07 Å². The number of anilines is 3. The van der Waals surface area contributed by atoms with Gasteiger partial charge in [0.1, 0.15) is 11.6 Å². The van der Waals surface area contributed by atoms with E-state index in [1.54, 1.807) is 0 Å². The molecule has 4 rings (SSSR count). The van der Waals surface area contributed by atoms with Gasteiger partial charge in [-0.1, -0.05) is 20.8 Å². The molecule has 0 aliphatic carbocycles. The van der Waals surface area contributed by atoms with Gasteiger partial charge in [-0.2, -0.15) is 9.97 Å². The SMILES string of the molecule is CC(C)(C)[C@H]1C[C@@H](O)CC2(CCN(c3cc(N4CCCC4)nc(N)n3)CC2)O1. The van der Waals surface area contributed by atoms with Crippen LogP contribution in [0.5, 0.6) is 0 Å². The topological polar surface area (TPSA) is 87.7 Å². The molecule has 3 N–H and O–H groups in total. The van der Waals surface area contributed by atoms with Crippen LogP contribution in [0.15, 0.2) is 6.07 Å². The quantitative estimate of drug-likeness (QED) is 0.804. The largest absolute Gasteiger partial charge is 0.393 e. The van der Waals surface area contributed by atoms with Gasteiger partial charge in [-0.05, 0) is 31.1 Å². The van der Waals surface area contributed by atoms with E-state index >= 15 is 0 Å². The van der Waals surface area contributed by atoms with Gasteiger partial charge >= 0.3 is 0 Å². The summed E-state index contributed by atoms with van der Waals surface area (Å²) in [6.45, 7) is 10.4. The maximum absolute atomic E-state index is 10.5.